The number of aliphatic hydroxyl groups excluding tert-OH is 3. The van der Waals surface area contributed by atoms with Crippen molar-refractivity contribution in [1.29, 1.82) is 0 Å². The average molecular weight is 418 g/mol. The summed E-state index contributed by atoms with van der Waals surface area (Å²) in [4.78, 5) is 12.4. The van der Waals surface area contributed by atoms with Crippen molar-refractivity contribution in [2.24, 2.45) is 22.7 Å². The van der Waals surface area contributed by atoms with Gasteiger partial charge < -0.3 is 29.9 Å². The van der Waals surface area contributed by atoms with Crippen LogP contribution in [0.4, 0.5) is 0 Å². The maximum absolute atomic E-state index is 12.4. The van der Waals surface area contributed by atoms with Gasteiger partial charge in [-0.1, -0.05) is 27.7 Å². The van der Waals surface area contributed by atoms with Crippen LogP contribution in [-0.2, 0) is 11.2 Å². The van der Waals surface area contributed by atoms with Crippen LogP contribution in [0.25, 0.3) is 0 Å². The molecule has 30 heavy (non-hydrogen) atoms. The lowest BCUT2D eigenvalue weighted by atomic mass is 9.43. The molecular weight excluding hydrogens is 388 g/mol. The van der Waals surface area contributed by atoms with Gasteiger partial charge in [-0.05, 0) is 42.6 Å². The molecule has 7 unspecified atom stereocenters. The zero-order chi connectivity index (χ0) is 21.8. The van der Waals surface area contributed by atoms with E-state index in [-0.39, 0.29) is 28.7 Å². The minimum absolute atomic E-state index is 0.0217. The number of hydrogen-bond acceptors (Lipinski definition) is 7. The Morgan fingerprint density at radius 2 is 1.83 bits per heavy atom. The lowest BCUT2D eigenvalue weighted by Gasteiger charge is -2.64. The number of carbonyl (C=O) groups excluding carboxylic acids is 1. The van der Waals surface area contributed by atoms with Crippen LogP contribution in [-0.4, -0.2) is 44.2 Å². The average Bonchev–Trinajstić information content (AvgIpc) is 3.18. The fourth-order valence-electron chi connectivity index (χ4n) is 7.27. The maximum Gasteiger partial charge on any atom is 0.345 e. The predicted molar refractivity (Wildman–Crippen MR) is 106 cm³/mol. The van der Waals surface area contributed by atoms with Crippen LogP contribution in [0.2, 0.25) is 0 Å². The first-order valence-corrected chi connectivity index (χ1v) is 10.8. The lowest BCUT2D eigenvalue weighted by molar-refractivity contribution is -0.240. The molecule has 4 aliphatic rings. The highest BCUT2D eigenvalue weighted by Crippen LogP contribution is 2.67. The van der Waals surface area contributed by atoms with Crippen LogP contribution in [0.15, 0.2) is 6.07 Å². The molecule has 0 bridgehead atoms. The number of benzene rings is 1. The molecule has 1 aromatic carbocycles. The predicted octanol–water partition coefficient (Wildman–Crippen LogP) is 2.43. The first-order chi connectivity index (χ1) is 13.9. The molecule has 2 aliphatic heterocycles. The number of cyclic esters (lactones) is 1. The molecule has 0 radical (unpaired) electrons. The van der Waals surface area contributed by atoms with Crippen molar-refractivity contribution in [2.75, 3.05) is 0 Å². The van der Waals surface area contributed by atoms with E-state index in [2.05, 4.69) is 13.8 Å². The molecule has 164 valence electrons. The van der Waals surface area contributed by atoms with Gasteiger partial charge in [-0.3, -0.25) is 0 Å². The standard InChI is InChI=1S/C23H30O7/c1-10-5-6-15-21(2,3)18(26)14(25)9-22(15,4)23(10)8-12-13(24)7-11-16(17(12)30-23)20(28)29-19(11)27/h7,10,14-15,18-19,24-27H,5-6,8-9H2,1-4H3. The molecule has 1 aromatic rings. The summed E-state index contributed by atoms with van der Waals surface area (Å²) in [7, 11) is 0. The first kappa shape index (κ1) is 20.1. The Kier molecular flexibility index (Phi) is 3.95. The van der Waals surface area contributed by atoms with E-state index < -0.39 is 40.9 Å². The van der Waals surface area contributed by atoms with Crippen molar-refractivity contribution in [3.05, 3.63) is 22.8 Å². The zero-order valence-corrected chi connectivity index (χ0v) is 17.8. The van der Waals surface area contributed by atoms with Crippen LogP contribution in [0.1, 0.15) is 74.7 Å². The normalized spacial score (nSPS) is 43.6. The quantitative estimate of drug-likeness (QED) is 0.478. The number of carbonyl (C=O) groups is 1. The van der Waals surface area contributed by atoms with Crippen molar-refractivity contribution in [3.63, 3.8) is 0 Å². The molecule has 4 N–H and O–H groups in total. The van der Waals surface area contributed by atoms with Crippen LogP contribution in [0, 0.1) is 22.7 Å². The highest BCUT2D eigenvalue weighted by atomic mass is 16.6. The second kappa shape index (κ2) is 5.90. The number of hydrogen-bond donors (Lipinski definition) is 4. The number of aliphatic hydroxyl groups is 3. The summed E-state index contributed by atoms with van der Waals surface area (Å²) < 4.78 is 11.6. The molecule has 0 saturated heterocycles. The number of esters is 1. The summed E-state index contributed by atoms with van der Waals surface area (Å²) in [5, 5.41) is 42.3. The summed E-state index contributed by atoms with van der Waals surface area (Å²) in [5.74, 6) is -0.205. The van der Waals surface area contributed by atoms with Gasteiger partial charge in [0.15, 0.2) is 0 Å². The number of phenolic OH excluding ortho intramolecular Hbond substituents is 1. The number of aromatic hydroxyl groups is 1. The highest BCUT2D eigenvalue weighted by Gasteiger charge is 2.69. The van der Waals surface area contributed by atoms with Crippen molar-refractivity contribution < 1.29 is 34.7 Å². The van der Waals surface area contributed by atoms with Crippen molar-refractivity contribution >= 4 is 5.97 Å². The molecule has 7 heteroatoms. The first-order valence-electron chi connectivity index (χ1n) is 10.8. The van der Waals surface area contributed by atoms with Crippen LogP contribution in [0.3, 0.4) is 0 Å². The fourth-order valence-corrected chi connectivity index (χ4v) is 7.27. The Labute approximate surface area is 175 Å². The minimum atomic E-state index is -1.42. The van der Waals surface area contributed by atoms with E-state index in [4.69, 9.17) is 9.47 Å². The Morgan fingerprint density at radius 3 is 2.53 bits per heavy atom. The SMILES string of the molecule is CC1CCC2C(C)(C)C(O)C(O)CC2(C)C12Cc1c(O)cc3c(c1O2)C(=O)OC3O. The van der Waals surface area contributed by atoms with Gasteiger partial charge in [0, 0.05) is 23.0 Å². The van der Waals surface area contributed by atoms with E-state index in [0.29, 0.717) is 24.2 Å². The second-order valence-electron chi connectivity index (χ2n) is 10.6. The third-order valence-electron chi connectivity index (χ3n) is 8.88. The monoisotopic (exact) mass is 418 g/mol. The second-order valence-corrected chi connectivity index (χ2v) is 10.6. The van der Waals surface area contributed by atoms with Crippen LogP contribution in [0.5, 0.6) is 11.5 Å². The summed E-state index contributed by atoms with van der Waals surface area (Å²) in [6, 6.07) is 1.39. The van der Waals surface area contributed by atoms with Gasteiger partial charge in [-0.15, -0.1) is 0 Å². The van der Waals surface area contributed by atoms with E-state index in [0.717, 1.165) is 12.8 Å². The van der Waals surface area contributed by atoms with E-state index in [1.807, 2.05) is 13.8 Å². The molecule has 7 nitrogen and oxygen atoms in total. The van der Waals surface area contributed by atoms with Gasteiger partial charge >= 0.3 is 5.97 Å². The number of phenols is 1. The third kappa shape index (κ3) is 2.18. The molecule has 2 saturated carbocycles. The maximum atomic E-state index is 12.4. The van der Waals surface area contributed by atoms with E-state index >= 15 is 0 Å². The van der Waals surface area contributed by atoms with Crippen molar-refractivity contribution in [2.45, 2.75) is 77.5 Å². The molecule has 2 heterocycles. The Morgan fingerprint density at radius 1 is 1.13 bits per heavy atom. The fraction of sp³-hybridized carbons (Fsp3) is 0.696. The zero-order valence-electron chi connectivity index (χ0n) is 17.8. The van der Waals surface area contributed by atoms with Crippen LogP contribution < -0.4 is 4.74 Å². The van der Waals surface area contributed by atoms with E-state index in [9.17, 15) is 25.2 Å². The van der Waals surface area contributed by atoms with Crippen molar-refractivity contribution in [1.82, 2.24) is 0 Å². The topological polar surface area (TPSA) is 116 Å². The van der Waals surface area contributed by atoms with Crippen molar-refractivity contribution in [3.8, 4) is 11.5 Å². The lowest BCUT2D eigenvalue weighted by Crippen LogP contribution is -2.69. The molecule has 1 spiro atoms. The number of ether oxygens (including phenoxy) is 2. The number of rotatable bonds is 0. The smallest absolute Gasteiger partial charge is 0.345 e. The van der Waals surface area contributed by atoms with Gasteiger partial charge in [0.2, 0.25) is 6.29 Å². The van der Waals surface area contributed by atoms with Gasteiger partial charge in [-0.2, -0.15) is 0 Å². The van der Waals surface area contributed by atoms with Gasteiger partial charge in [0.05, 0.1) is 12.2 Å². The summed E-state index contributed by atoms with van der Waals surface area (Å²) in [5.41, 5.74) is -0.814. The van der Waals surface area contributed by atoms with Gasteiger partial charge in [0.1, 0.15) is 22.7 Å². The summed E-state index contributed by atoms with van der Waals surface area (Å²) >= 11 is 0. The minimum Gasteiger partial charge on any atom is -0.508 e. The Hall–Kier alpha value is -1.83. The Balaban J connectivity index is 1.68. The largest absolute Gasteiger partial charge is 0.508 e. The summed E-state index contributed by atoms with van der Waals surface area (Å²) in [6.07, 6.45) is -0.581. The van der Waals surface area contributed by atoms with E-state index in [1.165, 1.54) is 6.07 Å². The third-order valence-corrected chi connectivity index (χ3v) is 8.88. The summed E-state index contributed by atoms with van der Waals surface area (Å²) in [6.45, 7) is 8.22. The highest BCUT2D eigenvalue weighted by molar-refractivity contribution is 5.98. The van der Waals surface area contributed by atoms with Gasteiger partial charge in [0.25, 0.3) is 0 Å². The Bertz CT molecular complexity index is 940. The molecule has 2 fully saturated rings. The molecule has 0 amide bonds. The van der Waals surface area contributed by atoms with Crippen LogP contribution >= 0.6 is 0 Å². The van der Waals surface area contributed by atoms with Gasteiger partial charge in [-0.25, -0.2) is 4.79 Å². The molecule has 7 atom stereocenters. The molecule has 0 aromatic heterocycles. The molecule has 2 aliphatic carbocycles. The molecular formula is C23H30O7. The number of fused-ring (bicyclic) bond motifs is 5. The molecule has 5 rings (SSSR count). The van der Waals surface area contributed by atoms with E-state index in [1.54, 1.807) is 0 Å².